The first-order valence-corrected chi connectivity index (χ1v) is 9.05. The second kappa shape index (κ2) is 11.5. The molecule has 0 aromatic heterocycles. The van der Waals surface area contributed by atoms with Crippen molar-refractivity contribution in [1.82, 2.24) is 0 Å². The standard InChI is InChI=1S/C22H24N2O6/c1-5-13-29-21(25)23-17-7-6-8-19(14-17)30-22(26)24(15-20(27-3)28-4)18-11-9-16(2)10-12-18/h1,6-12,14,20H,13,15H2,2-4H3,(H,23,25). The molecule has 2 amide bonds. The van der Waals surface area contributed by atoms with Crippen LogP contribution < -0.4 is 15.0 Å². The van der Waals surface area contributed by atoms with Crippen LogP contribution in [0.15, 0.2) is 48.5 Å². The van der Waals surface area contributed by atoms with Crippen molar-refractivity contribution in [1.29, 1.82) is 0 Å². The van der Waals surface area contributed by atoms with Crippen molar-refractivity contribution in [3.8, 4) is 18.1 Å². The van der Waals surface area contributed by atoms with Gasteiger partial charge in [-0.3, -0.25) is 10.2 Å². The highest BCUT2D eigenvalue weighted by atomic mass is 16.7. The Balaban J connectivity index is 2.16. The Morgan fingerprint density at radius 1 is 1.13 bits per heavy atom. The monoisotopic (exact) mass is 412 g/mol. The molecule has 0 radical (unpaired) electrons. The van der Waals surface area contributed by atoms with Gasteiger partial charge < -0.3 is 18.9 Å². The number of terminal acetylenes is 1. The van der Waals surface area contributed by atoms with Gasteiger partial charge in [0.2, 0.25) is 0 Å². The first kappa shape index (κ1) is 22.7. The molecule has 0 saturated carbocycles. The molecule has 0 atom stereocenters. The van der Waals surface area contributed by atoms with Crippen molar-refractivity contribution in [3.05, 3.63) is 54.1 Å². The molecule has 0 aliphatic rings. The van der Waals surface area contributed by atoms with Crippen LogP contribution in [0.1, 0.15) is 5.56 Å². The van der Waals surface area contributed by atoms with Crippen LogP contribution in [-0.4, -0.2) is 45.8 Å². The Labute approximate surface area is 175 Å². The zero-order chi connectivity index (χ0) is 21.9. The summed E-state index contributed by atoms with van der Waals surface area (Å²) in [6, 6.07) is 13.7. The molecule has 1 N–H and O–H groups in total. The highest BCUT2D eigenvalue weighted by molar-refractivity contribution is 5.90. The number of rotatable bonds is 8. The molecule has 0 spiro atoms. The molecule has 0 bridgehead atoms. The molecule has 30 heavy (non-hydrogen) atoms. The fourth-order valence-electron chi connectivity index (χ4n) is 2.46. The molecular weight excluding hydrogens is 388 g/mol. The number of aryl methyl sites for hydroxylation is 1. The first-order valence-electron chi connectivity index (χ1n) is 9.05. The summed E-state index contributed by atoms with van der Waals surface area (Å²) in [7, 11) is 2.97. The summed E-state index contributed by atoms with van der Waals surface area (Å²) < 4.78 is 20.7. The van der Waals surface area contributed by atoms with Crippen LogP contribution in [0.2, 0.25) is 0 Å². The summed E-state index contributed by atoms with van der Waals surface area (Å²) in [5, 5.41) is 2.51. The van der Waals surface area contributed by atoms with Gasteiger partial charge in [-0.1, -0.05) is 29.7 Å². The van der Waals surface area contributed by atoms with Gasteiger partial charge in [-0.15, -0.1) is 6.42 Å². The topological polar surface area (TPSA) is 86.3 Å². The molecule has 2 rings (SSSR count). The third-order valence-corrected chi connectivity index (χ3v) is 4.00. The zero-order valence-corrected chi connectivity index (χ0v) is 17.1. The summed E-state index contributed by atoms with van der Waals surface area (Å²) in [4.78, 5) is 25.9. The molecule has 0 heterocycles. The maximum atomic E-state index is 12.9. The van der Waals surface area contributed by atoms with Crippen LogP contribution in [0.25, 0.3) is 0 Å². The number of hydrogen-bond acceptors (Lipinski definition) is 6. The van der Waals surface area contributed by atoms with Crippen molar-refractivity contribution in [2.75, 3.05) is 37.6 Å². The van der Waals surface area contributed by atoms with E-state index < -0.39 is 18.5 Å². The van der Waals surface area contributed by atoms with E-state index in [9.17, 15) is 9.59 Å². The number of carbonyl (C=O) groups is 2. The van der Waals surface area contributed by atoms with Crippen molar-refractivity contribution in [3.63, 3.8) is 0 Å². The normalized spacial score (nSPS) is 10.2. The number of amides is 2. The largest absolute Gasteiger partial charge is 0.436 e. The third kappa shape index (κ3) is 6.81. The van der Waals surface area contributed by atoms with Crippen LogP contribution in [0.4, 0.5) is 21.0 Å². The van der Waals surface area contributed by atoms with Crippen molar-refractivity contribution < 1.29 is 28.5 Å². The van der Waals surface area contributed by atoms with E-state index >= 15 is 0 Å². The molecule has 0 aliphatic carbocycles. The van der Waals surface area contributed by atoms with Gasteiger partial charge in [0.15, 0.2) is 12.9 Å². The van der Waals surface area contributed by atoms with Gasteiger partial charge in [-0.25, -0.2) is 9.59 Å². The van der Waals surface area contributed by atoms with Gasteiger partial charge in [0.25, 0.3) is 0 Å². The summed E-state index contributed by atoms with van der Waals surface area (Å²) in [6.07, 6.45) is 3.07. The average molecular weight is 412 g/mol. The Bertz CT molecular complexity index is 887. The lowest BCUT2D eigenvalue weighted by molar-refractivity contribution is -0.0943. The van der Waals surface area contributed by atoms with E-state index in [1.54, 1.807) is 30.3 Å². The van der Waals surface area contributed by atoms with Gasteiger partial charge >= 0.3 is 12.2 Å². The highest BCUT2D eigenvalue weighted by Gasteiger charge is 2.22. The van der Waals surface area contributed by atoms with Crippen LogP contribution in [0.3, 0.4) is 0 Å². The minimum absolute atomic E-state index is 0.116. The molecule has 8 heteroatoms. The summed E-state index contributed by atoms with van der Waals surface area (Å²) >= 11 is 0. The van der Waals surface area contributed by atoms with E-state index in [4.69, 9.17) is 25.4 Å². The maximum Gasteiger partial charge on any atom is 0.419 e. The van der Waals surface area contributed by atoms with E-state index in [1.165, 1.54) is 25.2 Å². The number of hydrogen-bond donors (Lipinski definition) is 1. The lowest BCUT2D eigenvalue weighted by Crippen LogP contribution is -2.40. The lowest BCUT2D eigenvalue weighted by atomic mass is 10.2. The average Bonchev–Trinajstić information content (AvgIpc) is 2.74. The van der Waals surface area contributed by atoms with Crippen LogP contribution in [0.5, 0.6) is 5.75 Å². The zero-order valence-electron chi connectivity index (χ0n) is 17.1. The minimum atomic E-state index is -0.708. The molecule has 0 fully saturated rings. The van der Waals surface area contributed by atoms with E-state index in [2.05, 4.69) is 11.2 Å². The summed E-state index contributed by atoms with van der Waals surface area (Å²) in [5.74, 6) is 2.43. The Morgan fingerprint density at radius 3 is 2.47 bits per heavy atom. The molecule has 0 unspecified atom stereocenters. The number of benzene rings is 2. The van der Waals surface area contributed by atoms with E-state index in [0.29, 0.717) is 11.4 Å². The number of carbonyl (C=O) groups excluding carboxylic acids is 2. The number of ether oxygens (including phenoxy) is 4. The van der Waals surface area contributed by atoms with E-state index in [-0.39, 0.29) is 18.9 Å². The smallest absolute Gasteiger partial charge is 0.419 e. The molecule has 0 saturated heterocycles. The van der Waals surface area contributed by atoms with Gasteiger partial charge in [-0.05, 0) is 31.2 Å². The number of nitrogens with one attached hydrogen (secondary N) is 1. The minimum Gasteiger partial charge on any atom is -0.436 e. The SMILES string of the molecule is C#CCOC(=O)Nc1cccc(OC(=O)N(CC(OC)OC)c2ccc(C)cc2)c1. The second-order valence-electron chi connectivity index (χ2n) is 6.15. The number of methoxy groups -OCH3 is 2. The molecule has 2 aromatic rings. The predicted molar refractivity (Wildman–Crippen MR) is 113 cm³/mol. The number of nitrogens with zero attached hydrogens (tertiary/aromatic N) is 1. The van der Waals surface area contributed by atoms with Crippen molar-refractivity contribution in [2.45, 2.75) is 13.2 Å². The van der Waals surface area contributed by atoms with Crippen LogP contribution in [-0.2, 0) is 14.2 Å². The van der Waals surface area contributed by atoms with Gasteiger partial charge in [0, 0.05) is 31.7 Å². The Morgan fingerprint density at radius 2 is 1.83 bits per heavy atom. The highest BCUT2D eigenvalue weighted by Crippen LogP contribution is 2.22. The number of anilines is 2. The second-order valence-corrected chi connectivity index (χ2v) is 6.15. The summed E-state index contributed by atoms with van der Waals surface area (Å²) in [6.45, 7) is 1.92. The molecule has 158 valence electrons. The van der Waals surface area contributed by atoms with Crippen LogP contribution >= 0.6 is 0 Å². The fraction of sp³-hybridized carbons (Fsp3) is 0.273. The first-order chi connectivity index (χ1) is 14.5. The predicted octanol–water partition coefficient (Wildman–Crippen LogP) is 3.80. The fourth-order valence-corrected chi connectivity index (χ4v) is 2.46. The van der Waals surface area contributed by atoms with E-state index in [0.717, 1.165) is 5.56 Å². The van der Waals surface area contributed by atoms with Crippen LogP contribution in [0, 0.1) is 19.3 Å². The molecule has 8 nitrogen and oxygen atoms in total. The summed E-state index contributed by atoms with van der Waals surface area (Å²) in [5.41, 5.74) is 2.06. The third-order valence-electron chi connectivity index (χ3n) is 4.00. The quantitative estimate of drug-likeness (QED) is 0.524. The van der Waals surface area contributed by atoms with E-state index in [1.807, 2.05) is 19.1 Å². The molecule has 2 aromatic carbocycles. The van der Waals surface area contributed by atoms with Gasteiger partial charge in [0.05, 0.1) is 6.54 Å². The van der Waals surface area contributed by atoms with Crippen molar-refractivity contribution in [2.24, 2.45) is 0 Å². The lowest BCUT2D eigenvalue weighted by Gasteiger charge is -2.25. The Hall–Kier alpha value is -3.54. The van der Waals surface area contributed by atoms with Gasteiger partial charge in [-0.2, -0.15) is 0 Å². The molecular formula is C22H24N2O6. The Kier molecular flexibility index (Phi) is 8.69. The maximum absolute atomic E-state index is 12.9. The molecule has 0 aliphatic heterocycles. The van der Waals surface area contributed by atoms with Gasteiger partial charge in [0.1, 0.15) is 5.75 Å². The van der Waals surface area contributed by atoms with Crippen molar-refractivity contribution >= 4 is 23.6 Å².